The van der Waals surface area contributed by atoms with Crippen molar-refractivity contribution in [2.45, 2.75) is 52.9 Å². The van der Waals surface area contributed by atoms with Crippen molar-refractivity contribution in [3.63, 3.8) is 0 Å². The van der Waals surface area contributed by atoms with Gasteiger partial charge in [0.25, 0.3) is 0 Å². The molecule has 0 aliphatic rings. The molecule has 152 valence electrons. The van der Waals surface area contributed by atoms with Crippen LogP contribution in [0.15, 0.2) is 54.7 Å². The number of carbonyl (C=O) groups excluding carboxylic acids is 1. The number of nitrogens with zero attached hydrogens (tertiary/aromatic N) is 2. The van der Waals surface area contributed by atoms with Crippen molar-refractivity contribution in [1.82, 2.24) is 9.78 Å². The van der Waals surface area contributed by atoms with E-state index in [1.54, 1.807) is 6.07 Å². The summed E-state index contributed by atoms with van der Waals surface area (Å²) in [6.07, 6.45) is 5.42. The van der Waals surface area contributed by atoms with Gasteiger partial charge in [-0.15, -0.1) is 0 Å². The predicted molar refractivity (Wildman–Crippen MR) is 118 cm³/mol. The molecule has 0 saturated heterocycles. The maximum Gasteiger partial charge on any atom is 0.338 e. The van der Waals surface area contributed by atoms with Gasteiger partial charge in [0, 0.05) is 6.20 Å². The molecule has 0 N–H and O–H groups in total. The first kappa shape index (κ1) is 20.8. The van der Waals surface area contributed by atoms with E-state index in [1.807, 2.05) is 49.0 Å². The van der Waals surface area contributed by atoms with Crippen molar-refractivity contribution in [1.29, 1.82) is 0 Å². The van der Waals surface area contributed by atoms with Gasteiger partial charge in [0.1, 0.15) is 0 Å². The predicted octanol–water partition coefficient (Wildman–Crippen LogP) is 6.32. The van der Waals surface area contributed by atoms with E-state index < -0.39 is 0 Å². The Hall–Kier alpha value is -2.88. The topological polar surface area (TPSA) is 44.1 Å². The molecular weight excluding hydrogens is 360 g/mol. The Bertz CT molecular complexity index is 974. The largest absolute Gasteiger partial charge is 0.462 e. The van der Waals surface area contributed by atoms with Crippen molar-refractivity contribution in [3.05, 3.63) is 71.5 Å². The summed E-state index contributed by atoms with van der Waals surface area (Å²) in [4.78, 5) is 12.1. The lowest BCUT2D eigenvalue weighted by Crippen LogP contribution is -2.06. The average molecular weight is 391 g/mol. The molecule has 3 rings (SSSR count). The maximum atomic E-state index is 12.1. The van der Waals surface area contributed by atoms with E-state index >= 15 is 0 Å². The molecule has 1 heterocycles. The third-order valence-electron chi connectivity index (χ3n) is 5.28. The number of hydrogen-bond acceptors (Lipinski definition) is 3. The Kier molecular flexibility index (Phi) is 6.86. The Labute approximate surface area is 173 Å². The highest BCUT2D eigenvalue weighted by atomic mass is 16.5. The van der Waals surface area contributed by atoms with E-state index in [1.165, 1.54) is 5.56 Å². The summed E-state index contributed by atoms with van der Waals surface area (Å²) in [5.74, 6) is 0.210. The molecule has 0 aliphatic heterocycles. The number of esters is 1. The van der Waals surface area contributed by atoms with Gasteiger partial charge in [0.2, 0.25) is 0 Å². The fourth-order valence-electron chi connectivity index (χ4n) is 3.78. The Morgan fingerprint density at radius 3 is 2.52 bits per heavy atom. The van der Waals surface area contributed by atoms with E-state index in [0.717, 1.165) is 41.8 Å². The first-order valence-electron chi connectivity index (χ1n) is 10.5. The van der Waals surface area contributed by atoms with Crippen LogP contribution in [-0.2, 0) is 4.74 Å². The van der Waals surface area contributed by atoms with E-state index in [-0.39, 0.29) is 5.97 Å². The summed E-state index contributed by atoms with van der Waals surface area (Å²) in [5, 5.41) is 4.67. The van der Waals surface area contributed by atoms with Crippen molar-refractivity contribution in [2.24, 2.45) is 0 Å². The molecule has 4 heteroatoms. The molecule has 1 unspecified atom stereocenters. The number of hydrogen-bond donors (Lipinski definition) is 0. The van der Waals surface area contributed by atoms with Crippen LogP contribution in [0, 0.1) is 6.92 Å². The summed E-state index contributed by atoms with van der Waals surface area (Å²) in [6, 6.07) is 16.2. The first-order valence-corrected chi connectivity index (χ1v) is 10.5. The molecule has 0 aliphatic carbocycles. The Morgan fingerprint density at radius 2 is 1.86 bits per heavy atom. The van der Waals surface area contributed by atoms with Crippen LogP contribution >= 0.6 is 0 Å². The van der Waals surface area contributed by atoms with Gasteiger partial charge in [-0.1, -0.05) is 44.5 Å². The minimum Gasteiger partial charge on any atom is -0.462 e. The smallest absolute Gasteiger partial charge is 0.338 e. The highest BCUT2D eigenvalue weighted by Gasteiger charge is 2.17. The SMILES string of the molecule is CCCC(CC)c1ccc(-c2cccc(C(=O)OCC)c2)cc1-n1ccc(C)n1. The first-order chi connectivity index (χ1) is 14.1. The molecule has 0 fully saturated rings. The van der Waals surface area contributed by atoms with Crippen LogP contribution in [0.2, 0.25) is 0 Å². The summed E-state index contributed by atoms with van der Waals surface area (Å²) in [6.45, 7) is 8.67. The molecular formula is C25H30N2O2. The molecule has 0 amide bonds. The number of benzene rings is 2. The summed E-state index contributed by atoms with van der Waals surface area (Å²) in [7, 11) is 0. The van der Waals surface area contributed by atoms with Gasteiger partial charge >= 0.3 is 5.97 Å². The third kappa shape index (κ3) is 4.76. The second-order valence-corrected chi connectivity index (χ2v) is 7.37. The van der Waals surface area contributed by atoms with Crippen LogP contribution in [-0.4, -0.2) is 22.4 Å². The van der Waals surface area contributed by atoms with Gasteiger partial charge in [-0.2, -0.15) is 5.10 Å². The van der Waals surface area contributed by atoms with Gasteiger partial charge in [-0.25, -0.2) is 9.48 Å². The highest BCUT2D eigenvalue weighted by Crippen LogP contribution is 2.33. The molecule has 1 atom stereocenters. The van der Waals surface area contributed by atoms with Gasteiger partial charge in [-0.05, 0) is 73.6 Å². The zero-order valence-corrected chi connectivity index (χ0v) is 17.8. The summed E-state index contributed by atoms with van der Waals surface area (Å²) >= 11 is 0. The molecule has 29 heavy (non-hydrogen) atoms. The molecule has 3 aromatic rings. The number of ether oxygens (including phenoxy) is 1. The summed E-state index contributed by atoms with van der Waals surface area (Å²) < 4.78 is 7.13. The molecule has 1 aromatic heterocycles. The van der Waals surface area contributed by atoms with E-state index in [4.69, 9.17) is 4.74 Å². The van der Waals surface area contributed by atoms with Crippen molar-refractivity contribution in [3.8, 4) is 16.8 Å². The normalized spacial score (nSPS) is 12.0. The molecule has 0 radical (unpaired) electrons. The van der Waals surface area contributed by atoms with Crippen molar-refractivity contribution < 1.29 is 9.53 Å². The van der Waals surface area contributed by atoms with Crippen LogP contribution in [0.1, 0.15) is 67.6 Å². The molecule has 0 saturated carbocycles. The zero-order valence-electron chi connectivity index (χ0n) is 17.8. The van der Waals surface area contributed by atoms with Crippen molar-refractivity contribution >= 4 is 5.97 Å². The highest BCUT2D eigenvalue weighted by molar-refractivity contribution is 5.91. The molecule has 0 bridgehead atoms. The standard InChI is InChI=1S/C25H30N2O2/c1-5-9-19(6-2)23-13-12-21(17-24(23)27-15-14-18(4)26-27)20-10-8-11-22(16-20)25(28)29-7-3/h8,10-17,19H,5-7,9H2,1-4H3. The second kappa shape index (κ2) is 9.55. The van der Waals surface area contributed by atoms with Crippen LogP contribution in [0.25, 0.3) is 16.8 Å². The maximum absolute atomic E-state index is 12.1. The Balaban J connectivity index is 2.08. The summed E-state index contributed by atoms with van der Waals surface area (Å²) in [5.41, 5.74) is 6.06. The number of rotatable bonds is 8. The van der Waals surface area contributed by atoms with E-state index in [9.17, 15) is 4.79 Å². The minimum atomic E-state index is -0.289. The molecule has 0 spiro atoms. The monoisotopic (exact) mass is 390 g/mol. The number of carbonyl (C=O) groups is 1. The second-order valence-electron chi connectivity index (χ2n) is 7.37. The number of aryl methyl sites for hydroxylation is 1. The third-order valence-corrected chi connectivity index (χ3v) is 5.28. The molecule has 4 nitrogen and oxygen atoms in total. The molecule has 2 aromatic carbocycles. The fraction of sp³-hybridized carbons (Fsp3) is 0.360. The minimum absolute atomic E-state index is 0.289. The van der Waals surface area contributed by atoms with Crippen molar-refractivity contribution in [2.75, 3.05) is 6.61 Å². The average Bonchev–Trinajstić information content (AvgIpc) is 3.18. The van der Waals surface area contributed by atoms with Crippen LogP contribution < -0.4 is 0 Å². The quantitative estimate of drug-likeness (QED) is 0.423. The lowest BCUT2D eigenvalue weighted by atomic mass is 9.89. The van der Waals surface area contributed by atoms with Gasteiger partial charge < -0.3 is 4.74 Å². The van der Waals surface area contributed by atoms with E-state index in [2.05, 4.69) is 37.1 Å². The van der Waals surface area contributed by atoms with Crippen LogP contribution in [0.5, 0.6) is 0 Å². The fourth-order valence-corrected chi connectivity index (χ4v) is 3.78. The zero-order chi connectivity index (χ0) is 20.8. The van der Waals surface area contributed by atoms with Gasteiger partial charge in [0.15, 0.2) is 0 Å². The lowest BCUT2D eigenvalue weighted by molar-refractivity contribution is 0.0526. The lowest BCUT2D eigenvalue weighted by Gasteiger charge is -2.20. The van der Waals surface area contributed by atoms with E-state index in [0.29, 0.717) is 18.1 Å². The number of aromatic nitrogens is 2. The Morgan fingerprint density at radius 1 is 1.07 bits per heavy atom. The van der Waals surface area contributed by atoms with Crippen LogP contribution in [0.4, 0.5) is 0 Å². The van der Waals surface area contributed by atoms with Gasteiger partial charge in [-0.3, -0.25) is 0 Å². The van der Waals surface area contributed by atoms with Crippen LogP contribution in [0.3, 0.4) is 0 Å². The van der Waals surface area contributed by atoms with Gasteiger partial charge in [0.05, 0.1) is 23.6 Å².